The molecule has 2 aromatic heterocycles. The number of hydrogen-bond acceptors (Lipinski definition) is 7. The fraction of sp³-hybridized carbons (Fsp3) is 0.130. The summed E-state index contributed by atoms with van der Waals surface area (Å²) in [5.74, 6) is 0.495. The normalized spacial score (nSPS) is 11.8. The van der Waals surface area contributed by atoms with E-state index in [1.807, 2.05) is 0 Å². The van der Waals surface area contributed by atoms with Gasteiger partial charge >= 0.3 is 0 Å². The quantitative estimate of drug-likeness (QED) is 0.346. The van der Waals surface area contributed by atoms with Crippen LogP contribution in [0.15, 0.2) is 68.6 Å². The predicted molar refractivity (Wildman–Crippen MR) is 121 cm³/mol. The smallest absolute Gasteiger partial charge is 0.211 e. The van der Waals surface area contributed by atoms with Crippen molar-refractivity contribution in [1.82, 2.24) is 4.68 Å². The summed E-state index contributed by atoms with van der Waals surface area (Å²) in [5, 5.41) is 6.33. The summed E-state index contributed by atoms with van der Waals surface area (Å²) < 4.78 is 50.6. The van der Waals surface area contributed by atoms with Crippen LogP contribution >= 0.6 is 11.3 Å². The van der Waals surface area contributed by atoms with Crippen molar-refractivity contribution >= 4 is 23.2 Å². The van der Waals surface area contributed by atoms with E-state index in [-0.39, 0.29) is 5.69 Å². The number of ether oxygens (including phenoxy) is 3. The second-order valence-electron chi connectivity index (χ2n) is 6.60. The van der Waals surface area contributed by atoms with Gasteiger partial charge in [-0.05, 0) is 36.4 Å². The first-order valence-electron chi connectivity index (χ1n) is 9.62. The molecular formula is C23H19F2N3O4S. The third kappa shape index (κ3) is 4.65. The van der Waals surface area contributed by atoms with Gasteiger partial charge in [-0.2, -0.15) is 5.10 Å². The van der Waals surface area contributed by atoms with Crippen molar-refractivity contribution in [3.05, 3.63) is 76.1 Å². The average Bonchev–Trinajstić information content (AvgIpc) is 3.48. The van der Waals surface area contributed by atoms with Crippen molar-refractivity contribution in [3.63, 3.8) is 0 Å². The number of furan rings is 1. The zero-order valence-electron chi connectivity index (χ0n) is 17.9. The lowest BCUT2D eigenvalue weighted by Crippen LogP contribution is -2.11. The van der Waals surface area contributed by atoms with Gasteiger partial charge in [0.2, 0.25) is 10.6 Å². The van der Waals surface area contributed by atoms with Crippen molar-refractivity contribution in [2.24, 2.45) is 10.1 Å². The van der Waals surface area contributed by atoms with Crippen LogP contribution in [0.3, 0.4) is 0 Å². The molecule has 0 aliphatic carbocycles. The number of halogens is 2. The van der Waals surface area contributed by atoms with Crippen LogP contribution in [0.2, 0.25) is 0 Å². The van der Waals surface area contributed by atoms with Gasteiger partial charge in [0.25, 0.3) is 0 Å². The van der Waals surface area contributed by atoms with E-state index in [0.29, 0.717) is 39.1 Å². The second kappa shape index (κ2) is 9.70. The van der Waals surface area contributed by atoms with Crippen LogP contribution < -0.4 is 19.0 Å². The summed E-state index contributed by atoms with van der Waals surface area (Å²) in [4.78, 5) is 4.69. The van der Waals surface area contributed by atoms with Gasteiger partial charge in [-0.25, -0.2) is 18.4 Å². The van der Waals surface area contributed by atoms with Gasteiger partial charge in [-0.1, -0.05) is 0 Å². The monoisotopic (exact) mass is 471 g/mol. The minimum atomic E-state index is -0.775. The first kappa shape index (κ1) is 22.3. The van der Waals surface area contributed by atoms with Crippen LogP contribution in [-0.4, -0.2) is 32.2 Å². The van der Waals surface area contributed by atoms with E-state index in [0.717, 1.165) is 12.1 Å². The van der Waals surface area contributed by atoms with E-state index in [4.69, 9.17) is 18.6 Å². The number of thiazole rings is 1. The van der Waals surface area contributed by atoms with E-state index in [2.05, 4.69) is 10.1 Å². The van der Waals surface area contributed by atoms with E-state index in [9.17, 15) is 8.78 Å². The molecule has 0 radical (unpaired) electrons. The lowest BCUT2D eigenvalue weighted by molar-refractivity contribution is 0.324. The molecule has 10 heteroatoms. The number of aromatic nitrogens is 1. The van der Waals surface area contributed by atoms with Crippen LogP contribution in [0.4, 0.5) is 14.5 Å². The second-order valence-corrected chi connectivity index (χ2v) is 7.44. The molecule has 0 bridgehead atoms. The first-order chi connectivity index (χ1) is 16.0. The molecule has 0 aliphatic heterocycles. The molecule has 0 amide bonds. The van der Waals surface area contributed by atoms with Gasteiger partial charge in [0.15, 0.2) is 23.1 Å². The average molecular weight is 471 g/mol. The first-order valence-corrected chi connectivity index (χ1v) is 10.5. The Bertz CT molecular complexity index is 1340. The van der Waals surface area contributed by atoms with Crippen molar-refractivity contribution in [1.29, 1.82) is 0 Å². The fourth-order valence-corrected chi connectivity index (χ4v) is 3.89. The molecule has 0 unspecified atom stereocenters. The number of hydrogen-bond donors (Lipinski definition) is 0. The van der Waals surface area contributed by atoms with Crippen LogP contribution in [0.5, 0.6) is 17.2 Å². The Morgan fingerprint density at radius 2 is 1.76 bits per heavy atom. The highest BCUT2D eigenvalue weighted by Gasteiger charge is 2.14. The van der Waals surface area contributed by atoms with Crippen molar-refractivity contribution in [2.75, 3.05) is 21.3 Å². The highest BCUT2D eigenvalue weighted by molar-refractivity contribution is 7.07. The third-order valence-corrected chi connectivity index (χ3v) is 5.41. The van der Waals surface area contributed by atoms with Crippen LogP contribution in [0, 0.1) is 11.6 Å². The summed E-state index contributed by atoms with van der Waals surface area (Å²) in [7, 11) is 4.57. The highest BCUT2D eigenvalue weighted by atomic mass is 32.1. The summed E-state index contributed by atoms with van der Waals surface area (Å²) in [6.45, 7) is 0. The van der Waals surface area contributed by atoms with Crippen LogP contribution in [0.1, 0.15) is 5.56 Å². The SMILES string of the molecule is COc1cc(C=Nn2c(-c3ccco3)csc2=Nc2ccc(F)cc2F)cc(OC)c1OC. The topological polar surface area (TPSA) is 70.5 Å². The Hall–Kier alpha value is -3.92. The Morgan fingerprint density at radius 3 is 2.36 bits per heavy atom. The van der Waals surface area contributed by atoms with Gasteiger partial charge in [-0.3, -0.25) is 0 Å². The fourth-order valence-electron chi connectivity index (χ4n) is 3.06. The van der Waals surface area contributed by atoms with Gasteiger partial charge in [0.05, 0.1) is 33.8 Å². The van der Waals surface area contributed by atoms with Crippen molar-refractivity contribution in [3.8, 4) is 28.7 Å². The summed E-state index contributed by atoms with van der Waals surface area (Å²) in [6, 6.07) is 10.2. The third-order valence-electron chi connectivity index (χ3n) is 4.59. The molecule has 4 rings (SSSR count). The molecule has 0 N–H and O–H groups in total. The number of nitrogens with zero attached hydrogens (tertiary/aromatic N) is 3. The summed E-state index contributed by atoms with van der Waals surface area (Å²) >= 11 is 1.23. The highest BCUT2D eigenvalue weighted by Crippen LogP contribution is 2.37. The van der Waals surface area contributed by atoms with Gasteiger partial charge < -0.3 is 18.6 Å². The Labute approximate surface area is 191 Å². The zero-order chi connectivity index (χ0) is 23.4. The Balaban J connectivity index is 1.84. The number of rotatable bonds is 7. The van der Waals surface area contributed by atoms with Crippen LogP contribution in [0.25, 0.3) is 11.5 Å². The lowest BCUT2D eigenvalue weighted by Gasteiger charge is -2.12. The molecule has 170 valence electrons. The molecule has 33 heavy (non-hydrogen) atoms. The molecule has 0 atom stereocenters. The minimum absolute atomic E-state index is 0.0130. The Morgan fingerprint density at radius 1 is 1.00 bits per heavy atom. The lowest BCUT2D eigenvalue weighted by atomic mass is 10.2. The van der Waals surface area contributed by atoms with E-state index in [1.54, 1.807) is 35.9 Å². The van der Waals surface area contributed by atoms with Gasteiger partial charge in [-0.15, -0.1) is 11.3 Å². The summed E-state index contributed by atoms with van der Waals surface area (Å²) in [5.41, 5.74) is 1.25. The maximum absolute atomic E-state index is 14.2. The van der Waals surface area contributed by atoms with Crippen LogP contribution in [-0.2, 0) is 0 Å². The molecule has 2 heterocycles. The molecule has 4 aromatic rings. The molecular weight excluding hydrogens is 452 g/mol. The van der Waals surface area contributed by atoms with E-state index >= 15 is 0 Å². The molecule has 2 aromatic carbocycles. The molecule has 0 saturated heterocycles. The largest absolute Gasteiger partial charge is 0.493 e. The maximum atomic E-state index is 14.2. The Kier molecular flexibility index (Phi) is 6.55. The van der Waals surface area contributed by atoms with Gasteiger partial charge in [0.1, 0.15) is 17.2 Å². The van der Waals surface area contributed by atoms with Crippen molar-refractivity contribution < 1.29 is 27.4 Å². The van der Waals surface area contributed by atoms with Crippen molar-refractivity contribution in [2.45, 2.75) is 0 Å². The van der Waals surface area contributed by atoms with E-state index < -0.39 is 11.6 Å². The zero-order valence-corrected chi connectivity index (χ0v) is 18.7. The van der Waals surface area contributed by atoms with Gasteiger partial charge in [0, 0.05) is 17.0 Å². The molecule has 7 nitrogen and oxygen atoms in total. The van der Waals surface area contributed by atoms with E-state index in [1.165, 1.54) is 49.7 Å². The number of methoxy groups -OCH3 is 3. The summed E-state index contributed by atoms with van der Waals surface area (Å²) in [6.07, 6.45) is 3.11. The molecule has 0 spiro atoms. The predicted octanol–water partition coefficient (Wildman–Crippen LogP) is 5.23. The molecule has 0 saturated carbocycles. The standard InChI is InChI=1S/C23H19F2N3O4S/c1-29-20-9-14(10-21(30-2)22(20)31-3)12-26-28-18(19-5-4-8-32-19)13-33-23(28)27-17-7-6-15(24)11-16(17)25/h4-13H,1-3H3. The minimum Gasteiger partial charge on any atom is -0.493 e. The molecule has 0 fully saturated rings. The maximum Gasteiger partial charge on any atom is 0.211 e. The molecule has 0 aliphatic rings. The number of benzene rings is 2.